The topological polar surface area (TPSA) is 65.1 Å². The van der Waals surface area contributed by atoms with E-state index in [1.807, 2.05) is 20.8 Å². The van der Waals surface area contributed by atoms with Crippen molar-refractivity contribution in [2.24, 2.45) is 0 Å². The third-order valence-electron chi connectivity index (χ3n) is 8.41. The molecule has 0 radical (unpaired) electrons. The van der Waals surface area contributed by atoms with Gasteiger partial charge in [0, 0.05) is 25.9 Å². The van der Waals surface area contributed by atoms with Crippen LogP contribution in [0.4, 0.5) is 4.79 Å². The molecule has 0 aliphatic carbocycles. The van der Waals surface area contributed by atoms with Gasteiger partial charge in [0.05, 0.1) is 19.0 Å². The van der Waals surface area contributed by atoms with Crippen LogP contribution in [-0.2, 0) is 19.0 Å². The van der Waals surface area contributed by atoms with Crippen LogP contribution in [0.1, 0.15) is 202 Å². The summed E-state index contributed by atoms with van der Waals surface area (Å²) >= 11 is 0. The van der Waals surface area contributed by atoms with Crippen molar-refractivity contribution in [1.29, 1.82) is 0 Å². The van der Waals surface area contributed by atoms with E-state index in [0.29, 0.717) is 45.6 Å². The molecule has 0 spiro atoms. The maximum atomic E-state index is 12.8. The molecule has 6 nitrogen and oxygen atoms in total. The lowest BCUT2D eigenvalue weighted by Gasteiger charge is -2.27. The van der Waals surface area contributed by atoms with Gasteiger partial charge in [-0.1, -0.05) is 149 Å². The fraction of sp³-hybridized carbons (Fsp3) is 0.900. The second-order valence-electron chi connectivity index (χ2n) is 14.4. The van der Waals surface area contributed by atoms with Gasteiger partial charge in [0.2, 0.25) is 0 Å². The Morgan fingerprint density at radius 2 is 0.891 bits per heavy atom. The lowest BCUT2D eigenvalue weighted by Crippen LogP contribution is -2.38. The molecule has 0 bridgehead atoms. The maximum Gasteiger partial charge on any atom is 0.410 e. The highest BCUT2D eigenvalue weighted by Gasteiger charge is 2.22. The lowest BCUT2D eigenvalue weighted by atomic mass is 10.1. The van der Waals surface area contributed by atoms with Gasteiger partial charge in [-0.05, 0) is 46.5 Å². The minimum atomic E-state index is -0.560. The van der Waals surface area contributed by atoms with E-state index in [1.54, 1.807) is 4.90 Å². The molecule has 272 valence electrons. The van der Waals surface area contributed by atoms with Gasteiger partial charge in [-0.25, -0.2) is 4.79 Å². The van der Waals surface area contributed by atoms with Crippen molar-refractivity contribution in [3.8, 4) is 0 Å². The Hall–Kier alpha value is -1.72. The summed E-state index contributed by atoms with van der Waals surface area (Å²) in [4.78, 5) is 26.7. The number of amides is 1. The van der Waals surface area contributed by atoms with E-state index >= 15 is 0 Å². The average Bonchev–Trinajstić information content (AvgIpc) is 3.00. The van der Waals surface area contributed by atoms with Gasteiger partial charge in [-0.15, -0.1) is 0 Å². The number of nitrogens with zero attached hydrogens (tertiary/aromatic N) is 1. The first kappa shape index (κ1) is 44.3. The second kappa shape index (κ2) is 31.9. The molecule has 0 saturated carbocycles. The van der Waals surface area contributed by atoms with Gasteiger partial charge in [0.1, 0.15) is 5.60 Å². The van der Waals surface area contributed by atoms with Crippen LogP contribution >= 0.6 is 0 Å². The van der Waals surface area contributed by atoms with Crippen molar-refractivity contribution in [1.82, 2.24) is 4.90 Å². The van der Waals surface area contributed by atoms with Crippen molar-refractivity contribution in [2.45, 2.75) is 207 Å². The van der Waals surface area contributed by atoms with E-state index in [4.69, 9.17) is 14.2 Å². The number of carbonyl (C=O) groups excluding carboxylic acids is 2. The van der Waals surface area contributed by atoms with Crippen LogP contribution in [0.5, 0.6) is 0 Å². The third-order valence-corrected chi connectivity index (χ3v) is 8.41. The summed E-state index contributed by atoms with van der Waals surface area (Å²) in [5.41, 5.74) is -0.560. The zero-order valence-corrected chi connectivity index (χ0v) is 31.4. The first-order valence-electron chi connectivity index (χ1n) is 19.6. The van der Waals surface area contributed by atoms with Crippen molar-refractivity contribution in [3.05, 3.63) is 12.3 Å². The van der Waals surface area contributed by atoms with Crippen LogP contribution in [0.25, 0.3) is 0 Å². The van der Waals surface area contributed by atoms with Crippen LogP contribution in [0.3, 0.4) is 0 Å². The SMILES string of the molecule is C=C(CCCCCCCCCCCCC)OCCCN(CCCOC(=O)CCCCCCCCCCCCC)C(=O)OC(C)(C)C. The summed E-state index contributed by atoms with van der Waals surface area (Å²) in [5, 5.41) is 0. The fourth-order valence-electron chi connectivity index (χ4n) is 5.60. The minimum absolute atomic E-state index is 0.135. The molecular weight excluding hydrogens is 574 g/mol. The molecular formula is C40H77NO5. The van der Waals surface area contributed by atoms with Crippen molar-refractivity contribution < 1.29 is 23.8 Å². The summed E-state index contributed by atoms with van der Waals surface area (Å²) in [6, 6.07) is 0. The van der Waals surface area contributed by atoms with E-state index in [0.717, 1.165) is 31.4 Å². The zero-order chi connectivity index (χ0) is 34.1. The van der Waals surface area contributed by atoms with Crippen LogP contribution in [0.2, 0.25) is 0 Å². The number of unbranched alkanes of at least 4 members (excludes halogenated alkanes) is 20. The Morgan fingerprint density at radius 3 is 1.30 bits per heavy atom. The predicted octanol–water partition coefficient (Wildman–Crippen LogP) is 12.5. The van der Waals surface area contributed by atoms with E-state index in [-0.39, 0.29) is 12.1 Å². The fourth-order valence-corrected chi connectivity index (χ4v) is 5.60. The molecule has 1 amide bonds. The highest BCUT2D eigenvalue weighted by molar-refractivity contribution is 5.69. The lowest BCUT2D eigenvalue weighted by molar-refractivity contribution is -0.143. The van der Waals surface area contributed by atoms with Gasteiger partial charge in [0.15, 0.2) is 0 Å². The molecule has 0 atom stereocenters. The monoisotopic (exact) mass is 652 g/mol. The highest BCUT2D eigenvalue weighted by atomic mass is 16.6. The zero-order valence-electron chi connectivity index (χ0n) is 31.4. The molecule has 0 rings (SSSR count). The quantitative estimate of drug-likeness (QED) is 0.0401. The van der Waals surface area contributed by atoms with E-state index in [1.165, 1.54) is 122 Å². The smallest absolute Gasteiger partial charge is 0.410 e. The number of carbonyl (C=O) groups is 2. The third kappa shape index (κ3) is 32.2. The van der Waals surface area contributed by atoms with E-state index < -0.39 is 5.60 Å². The molecule has 0 aliphatic rings. The number of hydrogen-bond donors (Lipinski definition) is 0. The van der Waals surface area contributed by atoms with Gasteiger partial charge in [-0.2, -0.15) is 0 Å². The first-order chi connectivity index (χ1) is 22.2. The van der Waals surface area contributed by atoms with Crippen LogP contribution in [-0.4, -0.2) is 48.9 Å². The average molecular weight is 652 g/mol. The molecule has 0 aliphatic heterocycles. The Morgan fingerprint density at radius 1 is 0.522 bits per heavy atom. The van der Waals surface area contributed by atoms with Crippen molar-refractivity contribution in [2.75, 3.05) is 26.3 Å². The Bertz CT molecular complexity index is 671. The van der Waals surface area contributed by atoms with Gasteiger partial charge >= 0.3 is 12.1 Å². The second-order valence-corrected chi connectivity index (χ2v) is 14.4. The molecule has 6 heteroatoms. The standard InChI is InChI=1S/C40H77NO5/c1-7-9-11-13-15-17-19-21-23-25-27-31-37(3)44-35-29-33-41(39(43)46-40(4,5)6)34-30-36-45-38(42)32-28-26-24-22-20-18-16-14-12-10-8-2/h3,7-36H2,1-2,4-6H3. The van der Waals surface area contributed by atoms with Crippen molar-refractivity contribution in [3.63, 3.8) is 0 Å². The van der Waals surface area contributed by atoms with Gasteiger partial charge in [-0.3, -0.25) is 4.79 Å². The first-order valence-corrected chi connectivity index (χ1v) is 19.6. The Kier molecular flexibility index (Phi) is 30.7. The molecule has 0 heterocycles. The largest absolute Gasteiger partial charge is 0.498 e. The van der Waals surface area contributed by atoms with Crippen LogP contribution in [0, 0.1) is 0 Å². The van der Waals surface area contributed by atoms with Gasteiger partial charge < -0.3 is 19.1 Å². The van der Waals surface area contributed by atoms with Crippen LogP contribution < -0.4 is 0 Å². The minimum Gasteiger partial charge on any atom is -0.498 e. The van der Waals surface area contributed by atoms with Gasteiger partial charge in [0.25, 0.3) is 0 Å². The molecule has 0 aromatic heterocycles. The van der Waals surface area contributed by atoms with Crippen LogP contribution in [0.15, 0.2) is 12.3 Å². The number of ether oxygens (including phenoxy) is 3. The van der Waals surface area contributed by atoms with E-state index in [9.17, 15) is 9.59 Å². The predicted molar refractivity (Wildman–Crippen MR) is 195 cm³/mol. The highest BCUT2D eigenvalue weighted by Crippen LogP contribution is 2.16. The Balaban J connectivity index is 4.02. The Labute approximate surface area is 286 Å². The molecule has 0 saturated heterocycles. The number of rotatable bonds is 33. The summed E-state index contributed by atoms with van der Waals surface area (Å²) in [6.07, 6.45) is 30.8. The van der Waals surface area contributed by atoms with E-state index in [2.05, 4.69) is 20.4 Å². The summed E-state index contributed by atoms with van der Waals surface area (Å²) in [7, 11) is 0. The summed E-state index contributed by atoms with van der Waals surface area (Å²) in [6.45, 7) is 16.1. The molecule has 0 aromatic carbocycles. The number of esters is 1. The normalized spacial score (nSPS) is 11.4. The molecule has 0 aromatic rings. The number of hydrogen-bond acceptors (Lipinski definition) is 5. The molecule has 0 N–H and O–H groups in total. The summed E-state index contributed by atoms with van der Waals surface area (Å²) < 4.78 is 17.0. The molecule has 0 unspecified atom stereocenters. The van der Waals surface area contributed by atoms with Crippen molar-refractivity contribution >= 4 is 12.1 Å². The summed E-state index contributed by atoms with van der Waals surface area (Å²) in [5.74, 6) is 0.703. The molecule has 46 heavy (non-hydrogen) atoms. The maximum absolute atomic E-state index is 12.8. The molecule has 0 fully saturated rings. The number of allylic oxidation sites excluding steroid dienone is 1.